The second kappa shape index (κ2) is 5.82. The van der Waals surface area contributed by atoms with Gasteiger partial charge in [-0.25, -0.2) is 4.39 Å². The largest absolute Gasteiger partial charge is 0.489 e. The van der Waals surface area contributed by atoms with E-state index >= 15 is 0 Å². The molecule has 0 saturated carbocycles. The first-order chi connectivity index (χ1) is 8.78. The number of rotatable bonds is 4. The number of hydrogen-bond donors (Lipinski definition) is 1. The smallest absolute Gasteiger partial charge is 0.123 e. The van der Waals surface area contributed by atoms with Crippen molar-refractivity contribution in [1.82, 2.24) is 0 Å². The van der Waals surface area contributed by atoms with Crippen LogP contribution in [0.15, 0.2) is 53.7 Å². The van der Waals surface area contributed by atoms with E-state index in [-0.39, 0.29) is 5.82 Å². The topological polar surface area (TPSA) is 41.8 Å². The highest BCUT2D eigenvalue weighted by atomic mass is 19.1. The summed E-state index contributed by atoms with van der Waals surface area (Å²) in [6.45, 7) is 0.383. The first-order valence-corrected chi connectivity index (χ1v) is 5.42. The van der Waals surface area contributed by atoms with Gasteiger partial charge in [0.25, 0.3) is 0 Å². The lowest BCUT2D eigenvalue weighted by atomic mass is 10.2. The van der Waals surface area contributed by atoms with Crippen molar-refractivity contribution >= 4 is 6.21 Å². The molecule has 0 saturated heterocycles. The highest BCUT2D eigenvalue weighted by Gasteiger charge is 1.97. The van der Waals surface area contributed by atoms with Crippen LogP contribution < -0.4 is 4.74 Å². The van der Waals surface area contributed by atoms with Crippen molar-refractivity contribution in [3.05, 3.63) is 65.5 Å². The molecule has 2 aromatic rings. The Kier molecular flexibility index (Phi) is 3.91. The fourth-order valence-electron chi connectivity index (χ4n) is 1.46. The third-order valence-electron chi connectivity index (χ3n) is 2.41. The minimum atomic E-state index is -0.258. The summed E-state index contributed by atoms with van der Waals surface area (Å²) in [6.07, 6.45) is 1.34. The third kappa shape index (κ3) is 3.31. The normalized spacial score (nSPS) is 10.7. The molecule has 0 aromatic heterocycles. The van der Waals surface area contributed by atoms with Crippen molar-refractivity contribution in [2.24, 2.45) is 5.16 Å². The van der Waals surface area contributed by atoms with Crippen molar-refractivity contribution < 1.29 is 14.3 Å². The lowest BCUT2D eigenvalue weighted by Crippen LogP contribution is -1.95. The number of nitrogens with zero attached hydrogens (tertiary/aromatic N) is 1. The van der Waals surface area contributed by atoms with Crippen LogP contribution in [0.25, 0.3) is 0 Å². The molecule has 0 atom stereocenters. The number of benzene rings is 2. The maximum absolute atomic E-state index is 12.7. The highest BCUT2D eigenvalue weighted by molar-refractivity contribution is 5.79. The molecule has 0 aliphatic rings. The number of halogens is 1. The van der Waals surface area contributed by atoms with Crippen molar-refractivity contribution in [3.63, 3.8) is 0 Å². The van der Waals surface area contributed by atoms with E-state index in [2.05, 4.69) is 5.16 Å². The molecule has 2 aromatic carbocycles. The molecule has 92 valence electrons. The molecule has 18 heavy (non-hydrogen) atoms. The quantitative estimate of drug-likeness (QED) is 0.510. The van der Waals surface area contributed by atoms with Gasteiger partial charge in [-0.2, -0.15) is 0 Å². The molecule has 0 unspecified atom stereocenters. The zero-order valence-electron chi connectivity index (χ0n) is 9.58. The van der Waals surface area contributed by atoms with Crippen LogP contribution in [0.2, 0.25) is 0 Å². The van der Waals surface area contributed by atoms with Gasteiger partial charge in [-0.3, -0.25) is 0 Å². The van der Waals surface area contributed by atoms with Crippen LogP contribution in [0.1, 0.15) is 11.1 Å². The van der Waals surface area contributed by atoms with Gasteiger partial charge >= 0.3 is 0 Å². The van der Waals surface area contributed by atoms with Gasteiger partial charge in [0.1, 0.15) is 18.2 Å². The van der Waals surface area contributed by atoms with Gasteiger partial charge in [0, 0.05) is 0 Å². The van der Waals surface area contributed by atoms with E-state index in [1.54, 1.807) is 36.4 Å². The standard InChI is InChI=1S/C14H12FNO2/c15-13-5-1-12(2-6-13)10-18-14-7-3-11(4-8-14)9-16-17/h1-9,17H,10H2. The van der Waals surface area contributed by atoms with Crippen LogP contribution in [0, 0.1) is 5.82 Å². The monoisotopic (exact) mass is 245 g/mol. The third-order valence-corrected chi connectivity index (χ3v) is 2.41. The van der Waals surface area contributed by atoms with Gasteiger partial charge in [-0.15, -0.1) is 0 Å². The van der Waals surface area contributed by atoms with Gasteiger partial charge in [0.05, 0.1) is 6.21 Å². The SMILES string of the molecule is ON=Cc1ccc(OCc2ccc(F)cc2)cc1. The average Bonchev–Trinajstić information content (AvgIpc) is 2.40. The summed E-state index contributed by atoms with van der Waals surface area (Å²) in [5.74, 6) is 0.445. The summed E-state index contributed by atoms with van der Waals surface area (Å²) >= 11 is 0. The van der Waals surface area contributed by atoms with Gasteiger partial charge in [0.15, 0.2) is 0 Å². The van der Waals surface area contributed by atoms with Gasteiger partial charge in [-0.1, -0.05) is 17.3 Å². The summed E-state index contributed by atoms with van der Waals surface area (Å²) in [5.41, 5.74) is 1.68. The molecule has 0 spiro atoms. The minimum absolute atomic E-state index is 0.258. The number of oxime groups is 1. The van der Waals surface area contributed by atoms with Gasteiger partial charge in [-0.05, 0) is 47.5 Å². The molecule has 4 heteroatoms. The number of hydrogen-bond acceptors (Lipinski definition) is 3. The van der Waals surface area contributed by atoms with Crippen LogP contribution in [-0.4, -0.2) is 11.4 Å². The molecule has 0 fully saturated rings. The Morgan fingerprint density at radius 3 is 2.33 bits per heavy atom. The minimum Gasteiger partial charge on any atom is -0.489 e. The Labute approximate surface area is 104 Å². The molecule has 0 bridgehead atoms. The maximum Gasteiger partial charge on any atom is 0.123 e. The Balaban J connectivity index is 1.95. The average molecular weight is 245 g/mol. The predicted molar refractivity (Wildman–Crippen MR) is 66.6 cm³/mol. The first-order valence-electron chi connectivity index (χ1n) is 5.42. The second-order valence-electron chi connectivity index (χ2n) is 3.73. The van der Waals surface area contributed by atoms with E-state index in [1.165, 1.54) is 18.3 Å². The molecule has 0 amide bonds. The fourth-order valence-corrected chi connectivity index (χ4v) is 1.46. The zero-order valence-corrected chi connectivity index (χ0v) is 9.58. The molecular weight excluding hydrogens is 233 g/mol. The second-order valence-corrected chi connectivity index (χ2v) is 3.73. The highest BCUT2D eigenvalue weighted by Crippen LogP contribution is 2.13. The van der Waals surface area contributed by atoms with E-state index in [0.29, 0.717) is 12.4 Å². The van der Waals surface area contributed by atoms with Gasteiger partial charge in [0.2, 0.25) is 0 Å². The van der Waals surface area contributed by atoms with Gasteiger partial charge < -0.3 is 9.94 Å². The maximum atomic E-state index is 12.7. The predicted octanol–water partition coefficient (Wildman–Crippen LogP) is 3.21. The zero-order chi connectivity index (χ0) is 12.8. The summed E-state index contributed by atoms with van der Waals surface area (Å²) < 4.78 is 18.2. The molecule has 2 rings (SSSR count). The van der Waals surface area contributed by atoms with Crippen LogP contribution in [0.3, 0.4) is 0 Å². The van der Waals surface area contributed by atoms with Crippen LogP contribution in [0.4, 0.5) is 4.39 Å². The molecule has 1 N–H and O–H groups in total. The van der Waals surface area contributed by atoms with E-state index in [1.807, 2.05) is 0 Å². The lowest BCUT2D eigenvalue weighted by molar-refractivity contribution is 0.306. The molecule has 0 heterocycles. The van der Waals surface area contributed by atoms with E-state index in [4.69, 9.17) is 9.94 Å². The molecule has 0 radical (unpaired) electrons. The van der Waals surface area contributed by atoms with Crippen LogP contribution >= 0.6 is 0 Å². The Morgan fingerprint density at radius 2 is 1.72 bits per heavy atom. The molecule has 0 aliphatic heterocycles. The first kappa shape index (κ1) is 12.1. The summed E-state index contributed by atoms with van der Waals surface area (Å²) in [4.78, 5) is 0. The van der Waals surface area contributed by atoms with E-state index in [0.717, 1.165) is 11.1 Å². The van der Waals surface area contributed by atoms with Crippen molar-refractivity contribution in [3.8, 4) is 5.75 Å². The molecular formula is C14H12FNO2. The van der Waals surface area contributed by atoms with Crippen molar-refractivity contribution in [1.29, 1.82) is 0 Å². The summed E-state index contributed by atoms with van der Waals surface area (Å²) in [5, 5.41) is 11.3. The lowest BCUT2D eigenvalue weighted by Gasteiger charge is -2.06. The fraction of sp³-hybridized carbons (Fsp3) is 0.0714. The van der Waals surface area contributed by atoms with Crippen molar-refractivity contribution in [2.75, 3.05) is 0 Å². The summed E-state index contributed by atoms with van der Waals surface area (Å²) in [6, 6.07) is 13.3. The Hall–Kier alpha value is -2.36. The van der Waals surface area contributed by atoms with E-state index < -0.39 is 0 Å². The van der Waals surface area contributed by atoms with Crippen LogP contribution in [0.5, 0.6) is 5.75 Å². The Bertz CT molecular complexity index is 520. The molecule has 3 nitrogen and oxygen atoms in total. The van der Waals surface area contributed by atoms with E-state index in [9.17, 15) is 4.39 Å². The molecule has 0 aliphatic carbocycles. The summed E-state index contributed by atoms with van der Waals surface area (Å²) in [7, 11) is 0. The van der Waals surface area contributed by atoms with Crippen LogP contribution in [-0.2, 0) is 6.61 Å². The Morgan fingerprint density at radius 1 is 1.06 bits per heavy atom. The number of ether oxygens (including phenoxy) is 1. The van der Waals surface area contributed by atoms with Crippen molar-refractivity contribution in [2.45, 2.75) is 6.61 Å².